The molecule has 0 fully saturated rings. The van der Waals surface area contributed by atoms with E-state index in [-0.39, 0.29) is 23.2 Å². The van der Waals surface area contributed by atoms with E-state index in [1.165, 1.54) is 19.2 Å². The molecule has 0 aliphatic carbocycles. The predicted molar refractivity (Wildman–Crippen MR) is 76.1 cm³/mol. The summed E-state index contributed by atoms with van der Waals surface area (Å²) in [7, 11) is 1.27. The first-order valence-corrected chi connectivity index (χ1v) is 6.38. The van der Waals surface area contributed by atoms with Gasteiger partial charge in [0.15, 0.2) is 0 Å². The van der Waals surface area contributed by atoms with Gasteiger partial charge >= 0.3 is 5.97 Å². The molecule has 106 valence electrons. The maximum atomic E-state index is 11.6. The number of methoxy groups -OCH3 is 1. The Kier molecular flexibility index (Phi) is 4.75. The molecule has 0 radical (unpaired) electrons. The first-order chi connectivity index (χ1) is 10.1. The molecule has 0 saturated carbocycles. The highest BCUT2D eigenvalue weighted by molar-refractivity contribution is 6.29. The zero-order valence-corrected chi connectivity index (χ0v) is 11.9. The molecule has 6 heteroatoms. The van der Waals surface area contributed by atoms with Crippen molar-refractivity contribution in [1.29, 1.82) is 5.26 Å². The molecular weight excluding hydrogens is 292 g/mol. The molecule has 1 aromatic heterocycles. The molecule has 0 saturated heterocycles. The third-order valence-corrected chi connectivity index (χ3v) is 2.87. The van der Waals surface area contributed by atoms with Crippen LogP contribution >= 0.6 is 11.6 Å². The summed E-state index contributed by atoms with van der Waals surface area (Å²) in [5, 5.41) is 9.06. The van der Waals surface area contributed by atoms with Crippen LogP contribution in [0.4, 0.5) is 0 Å². The number of nitriles is 1. The molecule has 2 rings (SSSR count). The topological polar surface area (TPSA) is 72.2 Å². The Bertz CT molecular complexity index is 710. The van der Waals surface area contributed by atoms with Crippen LogP contribution in [0.15, 0.2) is 36.4 Å². The molecule has 1 aromatic carbocycles. The van der Waals surface area contributed by atoms with Crippen LogP contribution in [0.2, 0.25) is 5.15 Å². The summed E-state index contributed by atoms with van der Waals surface area (Å²) in [6, 6.07) is 12.0. The van der Waals surface area contributed by atoms with Crippen molar-refractivity contribution in [3.63, 3.8) is 0 Å². The summed E-state index contributed by atoms with van der Waals surface area (Å²) in [6.45, 7) is 0.160. The van der Waals surface area contributed by atoms with Crippen LogP contribution in [-0.4, -0.2) is 18.1 Å². The van der Waals surface area contributed by atoms with Gasteiger partial charge in [-0.3, -0.25) is 0 Å². The third kappa shape index (κ3) is 3.71. The Labute approximate surface area is 126 Å². The maximum Gasteiger partial charge on any atom is 0.343 e. The van der Waals surface area contributed by atoms with Gasteiger partial charge in [0.1, 0.15) is 17.3 Å². The van der Waals surface area contributed by atoms with Crippen molar-refractivity contribution < 1.29 is 14.3 Å². The smallest absolute Gasteiger partial charge is 0.343 e. The van der Waals surface area contributed by atoms with E-state index in [0.717, 1.165) is 5.56 Å². The van der Waals surface area contributed by atoms with Crippen molar-refractivity contribution in [2.75, 3.05) is 7.11 Å². The molecule has 2 aromatic rings. The van der Waals surface area contributed by atoms with Crippen LogP contribution in [0.3, 0.4) is 0 Å². The van der Waals surface area contributed by atoms with Gasteiger partial charge in [0.25, 0.3) is 0 Å². The lowest BCUT2D eigenvalue weighted by atomic mass is 10.1. The number of halogens is 1. The minimum Gasteiger partial charge on any atom is -0.472 e. The number of esters is 1. The molecule has 1 heterocycles. The summed E-state index contributed by atoms with van der Waals surface area (Å²) < 4.78 is 10.2. The lowest BCUT2D eigenvalue weighted by Gasteiger charge is -2.09. The van der Waals surface area contributed by atoms with Crippen molar-refractivity contribution in [2.24, 2.45) is 0 Å². The van der Waals surface area contributed by atoms with Crippen LogP contribution < -0.4 is 4.74 Å². The number of nitrogens with zero attached hydrogens (tertiary/aromatic N) is 2. The number of pyridine rings is 1. The van der Waals surface area contributed by atoms with E-state index in [0.29, 0.717) is 5.56 Å². The van der Waals surface area contributed by atoms with Crippen molar-refractivity contribution in [1.82, 2.24) is 4.98 Å². The maximum absolute atomic E-state index is 11.6. The molecule has 21 heavy (non-hydrogen) atoms. The van der Waals surface area contributed by atoms with Crippen molar-refractivity contribution in [3.05, 3.63) is 58.2 Å². The van der Waals surface area contributed by atoms with Crippen LogP contribution in [0, 0.1) is 11.3 Å². The predicted octanol–water partition coefficient (Wildman–Crippen LogP) is 2.97. The third-order valence-electron chi connectivity index (χ3n) is 2.66. The molecule has 0 atom stereocenters. The second-order valence-electron chi connectivity index (χ2n) is 4.08. The Morgan fingerprint density at radius 3 is 2.90 bits per heavy atom. The lowest BCUT2D eigenvalue weighted by molar-refractivity contribution is 0.0594. The number of carbonyl (C=O) groups is 1. The number of ether oxygens (including phenoxy) is 2. The molecule has 0 bridgehead atoms. The summed E-state index contributed by atoms with van der Waals surface area (Å²) in [5.41, 5.74) is 1.51. The second-order valence-corrected chi connectivity index (χ2v) is 4.47. The fraction of sp³-hybridized carbons (Fsp3) is 0.133. The highest BCUT2D eigenvalue weighted by atomic mass is 35.5. The largest absolute Gasteiger partial charge is 0.472 e. The number of rotatable bonds is 4. The van der Waals surface area contributed by atoms with E-state index in [1.807, 2.05) is 12.1 Å². The number of benzene rings is 1. The number of aromatic nitrogens is 1. The second kappa shape index (κ2) is 6.73. The van der Waals surface area contributed by atoms with Gasteiger partial charge in [-0.25, -0.2) is 9.78 Å². The van der Waals surface area contributed by atoms with Gasteiger partial charge in [0.2, 0.25) is 5.88 Å². The SMILES string of the molecule is COC(=O)c1ccc(Cl)nc1OCc1cccc(C#N)c1. The van der Waals surface area contributed by atoms with Gasteiger partial charge in [0.05, 0.1) is 18.7 Å². The lowest BCUT2D eigenvalue weighted by Crippen LogP contribution is -2.07. The van der Waals surface area contributed by atoms with E-state index < -0.39 is 5.97 Å². The highest BCUT2D eigenvalue weighted by Crippen LogP contribution is 2.21. The van der Waals surface area contributed by atoms with Gasteiger partial charge in [-0.05, 0) is 29.8 Å². The van der Waals surface area contributed by atoms with E-state index in [9.17, 15) is 4.79 Å². The summed E-state index contributed by atoms with van der Waals surface area (Å²) >= 11 is 5.81. The normalized spacial score (nSPS) is 9.76. The van der Waals surface area contributed by atoms with Gasteiger partial charge in [-0.15, -0.1) is 0 Å². The van der Waals surface area contributed by atoms with Crippen LogP contribution in [0.25, 0.3) is 0 Å². The number of carbonyl (C=O) groups excluding carboxylic acids is 1. The molecule has 0 unspecified atom stereocenters. The average Bonchev–Trinajstić information content (AvgIpc) is 2.52. The van der Waals surface area contributed by atoms with E-state index in [4.69, 9.17) is 21.6 Å². The van der Waals surface area contributed by atoms with Crippen molar-refractivity contribution in [3.8, 4) is 11.9 Å². The molecule has 0 amide bonds. The minimum atomic E-state index is -0.556. The molecule has 0 N–H and O–H groups in total. The highest BCUT2D eigenvalue weighted by Gasteiger charge is 2.15. The monoisotopic (exact) mass is 302 g/mol. The zero-order chi connectivity index (χ0) is 15.2. The summed E-state index contributed by atoms with van der Waals surface area (Å²) in [6.07, 6.45) is 0. The van der Waals surface area contributed by atoms with Crippen LogP contribution in [0.1, 0.15) is 21.5 Å². The minimum absolute atomic E-state index is 0.0942. The Balaban J connectivity index is 2.21. The van der Waals surface area contributed by atoms with E-state index in [2.05, 4.69) is 9.72 Å². The van der Waals surface area contributed by atoms with Crippen LogP contribution in [0.5, 0.6) is 5.88 Å². The standard InChI is InChI=1S/C15H11ClN2O3/c1-20-15(19)12-5-6-13(16)18-14(12)21-9-11-4-2-3-10(7-11)8-17/h2-7H,9H2,1H3. The molecule has 0 aliphatic heterocycles. The molecular formula is C15H11ClN2O3. The molecule has 0 spiro atoms. The Hall–Kier alpha value is -2.58. The first-order valence-electron chi connectivity index (χ1n) is 6.00. The first kappa shape index (κ1) is 14.8. The average molecular weight is 303 g/mol. The fourth-order valence-corrected chi connectivity index (χ4v) is 1.82. The van der Waals surface area contributed by atoms with E-state index >= 15 is 0 Å². The van der Waals surface area contributed by atoms with Crippen molar-refractivity contribution in [2.45, 2.75) is 6.61 Å². The number of hydrogen-bond acceptors (Lipinski definition) is 5. The Morgan fingerprint density at radius 2 is 2.19 bits per heavy atom. The van der Waals surface area contributed by atoms with Gasteiger partial charge < -0.3 is 9.47 Å². The quantitative estimate of drug-likeness (QED) is 0.641. The van der Waals surface area contributed by atoms with Gasteiger partial charge in [-0.1, -0.05) is 23.7 Å². The van der Waals surface area contributed by atoms with Crippen LogP contribution in [-0.2, 0) is 11.3 Å². The Morgan fingerprint density at radius 1 is 1.38 bits per heavy atom. The van der Waals surface area contributed by atoms with Gasteiger partial charge in [-0.2, -0.15) is 5.26 Å². The fourth-order valence-electron chi connectivity index (χ4n) is 1.68. The number of hydrogen-bond donors (Lipinski definition) is 0. The zero-order valence-electron chi connectivity index (χ0n) is 11.2. The van der Waals surface area contributed by atoms with Crippen molar-refractivity contribution >= 4 is 17.6 Å². The summed E-state index contributed by atoms with van der Waals surface area (Å²) in [4.78, 5) is 15.6. The molecule has 5 nitrogen and oxygen atoms in total. The van der Waals surface area contributed by atoms with E-state index in [1.54, 1.807) is 18.2 Å². The van der Waals surface area contributed by atoms with Gasteiger partial charge in [0, 0.05) is 0 Å². The summed E-state index contributed by atoms with van der Waals surface area (Å²) in [5.74, 6) is -0.461. The molecule has 0 aliphatic rings.